The van der Waals surface area contributed by atoms with E-state index in [1.54, 1.807) is 37.4 Å². The van der Waals surface area contributed by atoms with Gasteiger partial charge in [0.1, 0.15) is 11.5 Å². The number of amides is 1. The van der Waals surface area contributed by atoms with Crippen LogP contribution in [0.3, 0.4) is 0 Å². The van der Waals surface area contributed by atoms with Gasteiger partial charge in [0, 0.05) is 12.5 Å². The van der Waals surface area contributed by atoms with E-state index in [0.29, 0.717) is 23.6 Å². The largest absolute Gasteiger partial charge is 0.497 e. The summed E-state index contributed by atoms with van der Waals surface area (Å²) < 4.78 is 28.9. The van der Waals surface area contributed by atoms with E-state index >= 15 is 0 Å². The molecule has 0 aliphatic rings. The lowest BCUT2D eigenvalue weighted by Crippen LogP contribution is -2.13. The van der Waals surface area contributed by atoms with Gasteiger partial charge in [0.15, 0.2) is 11.6 Å². The summed E-state index contributed by atoms with van der Waals surface area (Å²) in [7, 11) is 4.48. The highest BCUT2D eigenvalue weighted by Crippen LogP contribution is 2.29. The summed E-state index contributed by atoms with van der Waals surface area (Å²) in [4.78, 5) is 12.1. The highest BCUT2D eigenvalue weighted by molar-refractivity contribution is 5.92. The molecule has 0 saturated carbocycles. The van der Waals surface area contributed by atoms with Crippen LogP contribution in [0.2, 0.25) is 0 Å². The molecule has 0 aliphatic carbocycles. The molecule has 128 valence electrons. The zero-order chi connectivity index (χ0) is 17.5. The first-order valence-corrected chi connectivity index (χ1v) is 7.41. The third kappa shape index (κ3) is 4.38. The van der Waals surface area contributed by atoms with Gasteiger partial charge in [0.05, 0.1) is 27.0 Å². The van der Waals surface area contributed by atoms with Gasteiger partial charge < -0.3 is 19.5 Å². The molecule has 0 aromatic heterocycles. The third-order valence-corrected chi connectivity index (χ3v) is 3.54. The quantitative estimate of drug-likeness (QED) is 0.843. The number of anilines is 1. The molecule has 0 saturated heterocycles. The minimum atomic E-state index is -0.440. The van der Waals surface area contributed by atoms with Crippen LogP contribution in [0.25, 0.3) is 0 Å². The molecule has 2 rings (SSSR count). The fourth-order valence-electron chi connectivity index (χ4n) is 2.25. The predicted octanol–water partition coefficient (Wildman–Crippen LogP) is 3.42. The van der Waals surface area contributed by atoms with Crippen molar-refractivity contribution >= 4 is 11.6 Å². The van der Waals surface area contributed by atoms with Crippen LogP contribution in [0.4, 0.5) is 10.1 Å². The number of hydrogen-bond acceptors (Lipinski definition) is 4. The molecular formula is C18H20FNO4. The zero-order valence-corrected chi connectivity index (χ0v) is 13.9. The van der Waals surface area contributed by atoms with E-state index in [9.17, 15) is 9.18 Å². The summed E-state index contributed by atoms with van der Waals surface area (Å²) in [6.07, 6.45) is 0.630. The second kappa shape index (κ2) is 8.19. The predicted molar refractivity (Wildman–Crippen MR) is 89.4 cm³/mol. The number of carbonyl (C=O) groups excluding carboxylic acids is 1. The molecule has 0 spiro atoms. The van der Waals surface area contributed by atoms with E-state index in [2.05, 4.69) is 5.32 Å². The number of nitrogens with one attached hydrogen (secondary N) is 1. The molecule has 2 aromatic carbocycles. The van der Waals surface area contributed by atoms with Gasteiger partial charge in [-0.25, -0.2) is 4.39 Å². The molecule has 24 heavy (non-hydrogen) atoms. The number of carbonyl (C=O) groups is 1. The number of aryl methyl sites for hydroxylation is 1. The summed E-state index contributed by atoms with van der Waals surface area (Å²) in [5, 5.41) is 2.78. The van der Waals surface area contributed by atoms with Crippen molar-refractivity contribution < 1.29 is 23.4 Å². The van der Waals surface area contributed by atoms with Crippen molar-refractivity contribution in [2.75, 3.05) is 26.6 Å². The Kier molecular flexibility index (Phi) is 6.01. The SMILES string of the molecule is COc1ccc(OC)c(NC(=O)CCc2ccc(OC)c(F)c2)c1. The van der Waals surface area contributed by atoms with Crippen LogP contribution >= 0.6 is 0 Å². The lowest BCUT2D eigenvalue weighted by molar-refractivity contribution is -0.116. The Labute approximate surface area is 140 Å². The van der Waals surface area contributed by atoms with Gasteiger partial charge in [0.2, 0.25) is 5.91 Å². The fourth-order valence-corrected chi connectivity index (χ4v) is 2.25. The minimum absolute atomic E-state index is 0.185. The first kappa shape index (κ1) is 17.6. The van der Waals surface area contributed by atoms with Gasteiger partial charge in [-0.2, -0.15) is 0 Å². The minimum Gasteiger partial charge on any atom is -0.497 e. The Bertz CT molecular complexity index is 718. The fraction of sp³-hybridized carbons (Fsp3) is 0.278. The van der Waals surface area contributed by atoms with Gasteiger partial charge >= 0.3 is 0 Å². The van der Waals surface area contributed by atoms with E-state index < -0.39 is 5.82 Å². The maximum Gasteiger partial charge on any atom is 0.224 e. The molecule has 1 amide bonds. The van der Waals surface area contributed by atoms with Crippen LogP contribution in [0.5, 0.6) is 17.2 Å². The molecule has 0 heterocycles. The molecule has 6 heteroatoms. The average molecular weight is 333 g/mol. The number of halogens is 1. The van der Waals surface area contributed by atoms with Gasteiger partial charge in [-0.05, 0) is 36.2 Å². The maximum atomic E-state index is 13.6. The molecule has 2 aromatic rings. The topological polar surface area (TPSA) is 56.8 Å². The molecule has 0 fully saturated rings. The maximum absolute atomic E-state index is 13.6. The van der Waals surface area contributed by atoms with Crippen LogP contribution < -0.4 is 19.5 Å². The number of hydrogen-bond donors (Lipinski definition) is 1. The van der Waals surface area contributed by atoms with E-state index in [1.165, 1.54) is 20.3 Å². The summed E-state index contributed by atoms with van der Waals surface area (Å²) in [6, 6.07) is 9.80. The van der Waals surface area contributed by atoms with Crippen molar-refractivity contribution in [1.29, 1.82) is 0 Å². The number of benzene rings is 2. The van der Waals surface area contributed by atoms with Crippen LogP contribution in [0.15, 0.2) is 36.4 Å². The Morgan fingerprint density at radius 2 is 1.71 bits per heavy atom. The Hall–Kier alpha value is -2.76. The van der Waals surface area contributed by atoms with E-state index in [-0.39, 0.29) is 18.1 Å². The van der Waals surface area contributed by atoms with Gasteiger partial charge in [-0.15, -0.1) is 0 Å². The smallest absolute Gasteiger partial charge is 0.224 e. The van der Waals surface area contributed by atoms with Crippen LogP contribution in [-0.2, 0) is 11.2 Å². The molecule has 0 unspecified atom stereocenters. The molecule has 1 N–H and O–H groups in total. The normalized spacial score (nSPS) is 10.2. The van der Waals surface area contributed by atoms with Gasteiger partial charge in [-0.3, -0.25) is 4.79 Å². The van der Waals surface area contributed by atoms with Crippen LogP contribution in [0, 0.1) is 5.82 Å². The molecule has 0 bridgehead atoms. The summed E-state index contributed by atoms with van der Waals surface area (Å²) in [5.74, 6) is 0.704. The zero-order valence-electron chi connectivity index (χ0n) is 13.9. The highest BCUT2D eigenvalue weighted by Gasteiger charge is 2.10. The first-order valence-electron chi connectivity index (χ1n) is 7.41. The van der Waals surface area contributed by atoms with Gasteiger partial charge in [-0.1, -0.05) is 6.07 Å². The summed E-state index contributed by atoms with van der Waals surface area (Å²) >= 11 is 0. The lowest BCUT2D eigenvalue weighted by atomic mass is 10.1. The molecule has 0 radical (unpaired) electrons. The van der Waals surface area contributed by atoms with Crippen molar-refractivity contribution in [3.8, 4) is 17.2 Å². The number of rotatable bonds is 7. The van der Waals surface area contributed by atoms with Crippen molar-refractivity contribution in [2.24, 2.45) is 0 Å². The first-order chi connectivity index (χ1) is 11.6. The van der Waals surface area contributed by atoms with Crippen LogP contribution in [0.1, 0.15) is 12.0 Å². The molecule has 0 atom stereocenters. The van der Waals surface area contributed by atoms with Gasteiger partial charge in [0.25, 0.3) is 0 Å². The van der Waals surface area contributed by atoms with E-state index in [4.69, 9.17) is 14.2 Å². The van der Waals surface area contributed by atoms with Crippen molar-refractivity contribution in [1.82, 2.24) is 0 Å². The Morgan fingerprint density at radius 3 is 2.33 bits per heavy atom. The number of ether oxygens (including phenoxy) is 3. The van der Waals surface area contributed by atoms with Crippen LogP contribution in [-0.4, -0.2) is 27.2 Å². The second-order valence-electron chi connectivity index (χ2n) is 5.08. The lowest BCUT2D eigenvalue weighted by Gasteiger charge is -2.12. The van der Waals surface area contributed by atoms with Crippen molar-refractivity contribution in [2.45, 2.75) is 12.8 Å². The highest BCUT2D eigenvalue weighted by atomic mass is 19.1. The standard InChI is InChI=1S/C18H20FNO4/c1-22-13-6-8-17(24-3)15(11-13)20-18(21)9-5-12-4-7-16(23-2)14(19)10-12/h4,6-8,10-11H,5,9H2,1-3H3,(H,20,21). The Balaban J connectivity index is 1.99. The molecule has 0 aliphatic heterocycles. The third-order valence-electron chi connectivity index (χ3n) is 3.54. The summed E-state index contributed by atoms with van der Waals surface area (Å²) in [5.41, 5.74) is 1.25. The Morgan fingerprint density at radius 1 is 1.00 bits per heavy atom. The van der Waals surface area contributed by atoms with E-state index in [1.807, 2.05) is 0 Å². The monoisotopic (exact) mass is 333 g/mol. The van der Waals surface area contributed by atoms with Crippen molar-refractivity contribution in [3.63, 3.8) is 0 Å². The van der Waals surface area contributed by atoms with E-state index in [0.717, 1.165) is 5.56 Å². The molecular weight excluding hydrogens is 313 g/mol. The second-order valence-corrected chi connectivity index (χ2v) is 5.08. The number of methoxy groups -OCH3 is 3. The van der Waals surface area contributed by atoms with Crippen molar-refractivity contribution in [3.05, 3.63) is 47.8 Å². The summed E-state index contributed by atoms with van der Waals surface area (Å²) in [6.45, 7) is 0. The average Bonchev–Trinajstić information content (AvgIpc) is 2.60. The molecule has 5 nitrogen and oxygen atoms in total.